The summed E-state index contributed by atoms with van der Waals surface area (Å²) in [7, 11) is 0. The van der Waals surface area contributed by atoms with Crippen molar-refractivity contribution in [3.8, 4) is 0 Å². The van der Waals surface area contributed by atoms with E-state index in [0.29, 0.717) is 24.4 Å². The molecular weight excluding hydrogens is 254 g/mol. The van der Waals surface area contributed by atoms with E-state index in [4.69, 9.17) is 9.26 Å². The Morgan fingerprint density at radius 1 is 1.25 bits per heavy atom. The molecule has 0 spiro atoms. The molecule has 2 unspecified atom stereocenters. The molecule has 5 heteroatoms. The Morgan fingerprint density at radius 3 is 2.45 bits per heavy atom. The van der Waals surface area contributed by atoms with Crippen LogP contribution in [0.15, 0.2) is 4.52 Å². The van der Waals surface area contributed by atoms with Crippen LogP contribution in [0.25, 0.3) is 0 Å². The fourth-order valence-electron chi connectivity index (χ4n) is 2.20. The van der Waals surface area contributed by atoms with Gasteiger partial charge in [0, 0.05) is 19.1 Å². The molecule has 0 aliphatic heterocycles. The Morgan fingerprint density at radius 2 is 1.95 bits per heavy atom. The maximum atomic E-state index is 5.78. The number of hydrogen-bond acceptors (Lipinski definition) is 5. The van der Waals surface area contributed by atoms with E-state index in [9.17, 15) is 0 Å². The normalized spacial score (nSPS) is 15.3. The van der Waals surface area contributed by atoms with Crippen LogP contribution < -0.4 is 5.32 Å². The Labute approximate surface area is 122 Å². The molecule has 116 valence electrons. The lowest BCUT2D eigenvalue weighted by Crippen LogP contribution is -2.30. The molecule has 0 saturated carbocycles. The van der Waals surface area contributed by atoms with E-state index in [1.54, 1.807) is 0 Å². The quantitative estimate of drug-likeness (QED) is 0.794. The van der Waals surface area contributed by atoms with Gasteiger partial charge in [0.05, 0.1) is 0 Å². The molecule has 0 amide bonds. The highest BCUT2D eigenvalue weighted by atomic mass is 16.5. The molecular formula is C15H29N3O2. The summed E-state index contributed by atoms with van der Waals surface area (Å²) in [5.74, 6) is 1.34. The molecule has 0 saturated heterocycles. The molecule has 1 heterocycles. The van der Waals surface area contributed by atoms with Crippen molar-refractivity contribution < 1.29 is 9.26 Å². The van der Waals surface area contributed by atoms with Crippen molar-refractivity contribution in [1.29, 1.82) is 0 Å². The topological polar surface area (TPSA) is 60.2 Å². The molecule has 1 N–H and O–H groups in total. The molecule has 0 bridgehead atoms. The molecule has 0 aliphatic rings. The molecule has 0 fully saturated rings. The minimum Gasteiger partial charge on any atom is -0.370 e. The van der Waals surface area contributed by atoms with E-state index in [1.807, 2.05) is 6.92 Å². The number of hydrogen-bond donors (Lipinski definition) is 1. The summed E-state index contributed by atoms with van der Waals surface area (Å²) in [5, 5.41) is 7.53. The number of aromatic nitrogens is 2. The zero-order chi connectivity index (χ0) is 15.2. The average Bonchev–Trinajstić information content (AvgIpc) is 2.82. The average molecular weight is 283 g/mol. The summed E-state index contributed by atoms with van der Waals surface area (Å²) in [6, 6.07) is 0.383. The van der Waals surface area contributed by atoms with Crippen molar-refractivity contribution in [2.75, 3.05) is 13.2 Å². The highest BCUT2D eigenvalue weighted by Gasteiger charge is 2.31. The Hall–Kier alpha value is -0.940. The summed E-state index contributed by atoms with van der Waals surface area (Å²) >= 11 is 0. The van der Waals surface area contributed by atoms with Gasteiger partial charge in [0.15, 0.2) is 0 Å². The highest BCUT2D eigenvalue weighted by Crippen LogP contribution is 2.34. The van der Waals surface area contributed by atoms with Crippen molar-refractivity contribution in [2.45, 2.75) is 66.5 Å². The fourth-order valence-corrected chi connectivity index (χ4v) is 2.20. The lowest BCUT2D eigenvalue weighted by atomic mass is 9.88. The van der Waals surface area contributed by atoms with Gasteiger partial charge >= 0.3 is 0 Å². The third-order valence-electron chi connectivity index (χ3n) is 3.24. The molecule has 2 atom stereocenters. The first-order valence-electron chi connectivity index (χ1n) is 7.59. The molecule has 0 aromatic carbocycles. The molecule has 1 rings (SSSR count). The van der Waals surface area contributed by atoms with Gasteiger partial charge in [-0.15, -0.1) is 0 Å². The van der Waals surface area contributed by atoms with Gasteiger partial charge in [-0.05, 0) is 25.3 Å². The fraction of sp³-hybridized carbons (Fsp3) is 0.867. The largest absolute Gasteiger partial charge is 0.370 e. The first-order valence-corrected chi connectivity index (χ1v) is 7.59. The van der Waals surface area contributed by atoms with Gasteiger partial charge in [-0.2, -0.15) is 4.98 Å². The minimum absolute atomic E-state index is 0.0526. The Bertz CT molecular complexity index is 385. The van der Waals surface area contributed by atoms with Crippen LogP contribution in [0.5, 0.6) is 0 Å². The van der Waals surface area contributed by atoms with Crippen molar-refractivity contribution >= 4 is 0 Å². The van der Waals surface area contributed by atoms with Crippen molar-refractivity contribution in [1.82, 2.24) is 15.5 Å². The van der Waals surface area contributed by atoms with Gasteiger partial charge in [0.1, 0.15) is 6.10 Å². The van der Waals surface area contributed by atoms with Gasteiger partial charge < -0.3 is 14.6 Å². The SMILES string of the molecule is CCNC(CC)Cc1nc(C(OCC)C(C)(C)C)no1. The Kier molecular flexibility index (Phi) is 6.62. The van der Waals surface area contributed by atoms with E-state index in [1.165, 1.54) is 0 Å². The van der Waals surface area contributed by atoms with Crippen molar-refractivity contribution in [3.05, 3.63) is 11.7 Å². The van der Waals surface area contributed by atoms with E-state index in [0.717, 1.165) is 19.4 Å². The zero-order valence-electron chi connectivity index (χ0n) is 13.7. The zero-order valence-corrected chi connectivity index (χ0v) is 13.7. The third kappa shape index (κ3) is 4.87. The van der Waals surface area contributed by atoms with Crippen LogP contribution >= 0.6 is 0 Å². The van der Waals surface area contributed by atoms with Crippen LogP contribution in [0.1, 0.15) is 65.8 Å². The number of nitrogens with zero attached hydrogens (tertiary/aromatic N) is 2. The predicted octanol–water partition coefficient (Wildman–Crippen LogP) is 3.12. The first-order chi connectivity index (χ1) is 9.42. The summed E-state index contributed by atoms with van der Waals surface area (Å²) in [5.41, 5.74) is -0.0526. The lowest BCUT2D eigenvalue weighted by molar-refractivity contribution is -0.0203. The maximum absolute atomic E-state index is 5.78. The van der Waals surface area contributed by atoms with Crippen molar-refractivity contribution in [3.63, 3.8) is 0 Å². The van der Waals surface area contributed by atoms with Gasteiger partial charge in [-0.25, -0.2) is 0 Å². The minimum atomic E-state index is -0.135. The second-order valence-corrected chi connectivity index (χ2v) is 6.11. The molecule has 1 aromatic rings. The number of nitrogens with one attached hydrogen (secondary N) is 1. The summed E-state index contributed by atoms with van der Waals surface area (Å²) < 4.78 is 11.2. The standard InChI is InChI=1S/C15H29N3O2/c1-7-11(16-8-2)10-12-17-14(18-20-12)13(19-9-3)15(4,5)6/h11,13,16H,7-10H2,1-6H3. The van der Waals surface area contributed by atoms with Crippen LogP contribution in [0.4, 0.5) is 0 Å². The second kappa shape index (κ2) is 7.74. The molecule has 5 nitrogen and oxygen atoms in total. The smallest absolute Gasteiger partial charge is 0.228 e. The van der Waals surface area contributed by atoms with Gasteiger partial charge in [0.2, 0.25) is 11.7 Å². The first kappa shape index (κ1) is 17.1. The summed E-state index contributed by atoms with van der Waals surface area (Å²) in [6.45, 7) is 14.2. The van der Waals surface area contributed by atoms with E-state index >= 15 is 0 Å². The van der Waals surface area contributed by atoms with Crippen molar-refractivity contribution in [2.24, 2.45) is 5.41 Å². The number of rotatable bonds is 8. The number of ether oxygens (including phenoxy) is 1. The lowest BCUT2D eigenvalue weighted by Gasteiger charge is -2.27. The molecule has 1 aromatic heterocycles. The monoisotopic (exact) mass is 283 g/mol. The third-order valence-corrected chi connectivity index (χ3v) is 3.24. The van der Waals surface area contributed by atoms with Crippen LogP contribution in [0, 0.1) is 5.41 Å². The van der Waals surface area contributed by atoms with Crippen LogP contribution in [0.3, 0.4) is 0 Å². The van der Waals surface area contributed by atoms with E-state index in [2.05, 4.69) is 50.1 Å². The molecule has 0 radical (unpaired) electrons. The van der Waals surface area contributed by atoms with E-state index < -0.39 is 0 Å². The second-order valence-electron chi connectivity index (χ2n) is 6.11. The molecule has 20 heavy (non-hydrogen) atoms. The molecule has 0 aliphatic carbocycles. The van der Waals surface area contributed by atoms with Crippen LogP contribution in [0.2, 0.25) is 0 Å². The Balaban J connectivity index is 2.78. The van der Waals surface area contributed by atoms with Gasteiger partial charge in [-0.3, -0.25) is 0 Å². The number of likely N-dealkylation sites (N-methyl/N-ethyl adjacent to an activating group) is 1. The maximum Gasteiger partial charge on any atom is 0.228 e. The van der Waals surface area contributed by atoms with E-state index in [-0.39, 0.29) is 11.5 Å². The summed E-state index contributed by atoms with van der Waals surface area (Å²) in [6.07, 6.45) is 1.67. The van der Waals surface area contributed by atoms with Crippen LogP contribution in [-0.2, 0) is 11.2 Å². The van der Waals surface area contributed by atoms with Gasteiger partial charge in [0.25, 0.3) is 0 Å². The van der Waals surface area contributed by atoms with Crippen LogP contribution in [-0.4, -0.2) is 29.3 Å². The predicted molar refractivity (Wildman–Crippen MR) is 79.6 cm³/mol. The van der Waals surface area contributed by atoms with Gasteiger partial charge in [-0.1, -0.05) is 39.8 Å². The highest BCUT2D eigenvalue weighted by molar-refractivity contribution is 4.97. The summed E-state index contributed by atoms with van der Waals surface area (Å²) in [4.78, 5) is 4.52.